The number of hydrogen-bond donors (Lipinski definition) is 6. The summed E-state index contributed by atoms with van der Waals surface area (Å²) in [4.78, 5) is 121. The molecule has 34 nitrogen and oxygen atoms in total. The zero-order valence-electron chi connectivity index (χ0n) is 62.1. The van der Waals surface area contributed by atoms with E-state index in [0.717, 1.165) is 86.0 Å². The monoisotopic (exact) mass is 1560 g/mol. The van der Waals surface area contributed by atoms with Crippen LogP contribution < -0.4 is 21.9 Å². The molecular weight excluding hydrogens is 1470 g/mol. The van der Waals surface area contributed by atoms with Gasteiger partial charge in [0, 0.05) is 43.9 Å². The van der Waals surface area contributed by atoms with Crippen LogP contribution in [0.15, 0.2) is 99.8 Å². The molecule has 598 valence electrons. The van der Waals surface area contributed by atoms with Crippen molar-refractivity contribution < 1.29 is 84.1 Å². The van der Waals surface area contributed by atoms with Crippen molar-refractivity contribution in [3.8, 4) is 0 Å². The van der Waals surface area contributed by atoms with E-state index < -0.39 is 46.6 Å². The highest BCUT2D eigenvalue weighted by Crippen LogP contribution is 2.63. The van der Waals surface area contributed by atoms with E-state index in [1.807, 2.05) is 95.9 Å². The predicted octanol–water partition coefficient (Wildman–Crippen LogP) is 6.95. The lowest BCUT2D eigenvalue weighted by Crippen LogP contribution is -2.51. The standard InChI is InChI=1S/C22H27N3O4.C21H24N4O3.C14H18N4O3.C13H17N5O6S.C7H10O2/c26-19(20-16-7-4-8-17(16)20)11-23-21(27)18-10-9-15-12-24(18)22(28)25(15)29-13-14-5-2-1-3-6-14;26-21-24-11-14(25(21)27-12-13-5-2-1-3-6-13)9-10-17(24)19-22-23-20(28-19)18-15-7-4-8-16(15)18;15-16-13(19)12-7-6-11-8-17(12)14(20)18(11)21-9-10-4-2-1-3-5-10;19-13-17-5-6(18(13)24-25(20,21)22)1-2-9(17)11-15-16-12(23-11)10-7-3-14-4-8(7)10;8-7(9)6-4-2-1-3-5(4)6/h1-3,5-6,15-18,20H,4,7-13H2,(H,23,27);1-3,5-6,14-18H,4,7-12H2;1-5,11-12H,6-9,15H2,(H,16,19);6-10,14H,1-5H2,(H,20,21,22);4-6H,1-3H2,(H,8,9)/t15-,16-,17+,18+,20?;14-,15-,16+,17+,18?;11-,12+;6-,7-,8+,9+,10?;4-,5+,6?/m1111./s1. The van der Waals surface area contributed by atoms with E-state index in [1.165, 1.54) is 64.9 Å². The van der Waals surface area contributed by atoms with Crippen LogP contribution in [-0.2, 0) is 68.2 Å². The number of urea groups is 4. The molecule has 9 aliphatic heterocycles. The maximum Gasteiger partial charge on any atom is 0.418 e. The molecule has 0 radical (unpaired) electrons. The van der Waals surface area contributed by atoms with Crippen molar-refractivity contribution >= 4 is 58.1 Å². The Labute approximate surface area is 646 Å². The van der Waals surface area contributed by atoms with Gasteiger partial charge in [-0.3, -0.25) is 43.7 Å². The van der Waals surface area contributed by atoms with Crippen LogP contribution in [0.3, 0.4) is 0 Å². The van der Waals surface area contributed by atoms with Crippen LogP contribution in [0.4, 0.5) is 19.2 Å². The smallest absolute Gasteiger partial charge is 0.418 e. The minimum Gasteiger partial charge on any atom is -0.481 e. The maximum atomic E-state index is 12.9. The Kier molecular flexibility index (Phi) is 21.3. The number of benzene rings is 3. The zero-order chi connectivity index (χ0) is 77.2. The third kappa shape index (κ3) is 15.3. The molecule has 20 atom stereocenters. The van der Waals surface area contributed by atoms with Crippen molar-refractivity contribution in [3.05, 3.63) is 131 Å². The maximum absolute atomic E-state index is 12.9. The number of nitrogens with two attached hydrogens (primary N) is 1. The molecule has 11 heterocycles. The van der Waals surface area contributed by atoms with Crippen LogP contribution in [0.5, 0.6) is 0 Å². The topological polar surface area (TPSA) is 414 Å². The Balaban J connectivity index is 0.000000105. The fourth-order valence-corrected chi connectivity index (χ4v) is 20.8. The molecule has 112 heavy (non-hydrogen) atoms. The normalized spacial score (nSPS) is 33.2. The minimum atomic E-state index is -4.75. The lowest BCUT2D eigenvalue weighted by Gasteiger charge is -2.29. The van der Waals surface area contributed by atoms with E-state index >= 15 is 0 Å². The number of amides is 10. The van der Waals surface area contributed by atoms with Crippen molar-refractivity contribution in [2.24, 2.45) is 65.0 Å². The van der Waals surface area contributed by atoms with Gasteiger partial charge in [-0.2, -0.15) is 28.7 Å². The van der Waals surface area contributed by atoms with Gasteiger partial charge in [0.25, 0.3) is 5.91 Å². The number of hydrogen-bond acceptors (Lipinski definition) is 22. The summed E-state index contributed by atoms with van der Waals surface area (Å²) in [6, 6.07) is 26.2. The first-order chi connectivity index (χ1) is 54.4. The van der Waals surface area contributed by atoms with Gasteiger partial charge in [-0.1, -0.05) is 110 Å². The zero-order valence-corrected chi connectivity index (χ0v) is 62.9. The third-order valence-corrected chi connectivity index (χ3v) is 26.7. The van der Waals surface area contributed by atoms with Crippen LogP contribution >= 0.6 is 0 Å². The molecule has 8 bridgehead atoms. The second-order valence-corrected chi connectivity index (χ2v) is 33.7. The molecule has 9 saturated heterocycles. The van der Waals surface area contributed by atoms with Crippen molar-refractivity contribution in [1.82, 2.24) is 76.3 Å². The first kappa shape index (κ1) is 75.5. The van der Waals surface area contributed by atoms with Gasteiger partial charge in [-0.05, 0) is 167 Å². The third-order valence-electron chi connectivity index (χ3n) is 26.3. The Bertz CT molecular complexity index is 4400. The van der Waals surface area contributed by atoms with Crippen molar-refractivity contribution in [1.29, 1.82) is 0 Å². The number of aliphatic carboxylic acids is 1. The fourth-order valence-electron chi connectivity index (χ4n) is 20.4. The highest BCUT2D eigenvalue weighted by Gasteiger charge is 2.61. The molecule has 21 rings (SSSR count). The molecule has 16 fully saturated rings. The molecule has 0 spiro atoms. The van der Waals surface area contributed by atoms with Crippen LogP contribution in [0.2, 0.25) is 0 Å². The molecule has 35 heteroatoms. The summed E-state index contributed by atoms with van der Waals surface area (Å²) in [5.74, 6) is 12.4. The Morgan fingerprint density at radius 3 is 1.25 bits per heavy atom. The summed E-state index contributed by atoms with van der Waals surface area (Å²) >= 11 is 0. The summed E-state index contributed by atoms with van der Waals surface area (Å²) in [5.41, 5.74) is 5.17. The van der Waals surface area contributed by atoms with E-state index in [9.17, 15) is 46.8 Å². The molecule has 5 aromatic rings. The molecular formula is C77H96N16O18S. The quantitative estimate of drug-likeness (QED) is 0.0187. The first-order valence-electron chi connectivity index (χ1n) is 39.8. The van der Waals surface area contributed by atoms with Gasteiger partial charge >= 0.3 is 40.5 Å². The van der Waals surface area contributed by atoms with Gasteiger partial charge in [0.05, 0.1) is 36.6 Å². The predicted molar refractivity (Wildman–Crippen MR) is 389 cm³/mol. The van der Waals surface area contributed by atoms with Gasteiger partial charge in [0.2, 0.25) is 29.5 Å². The van der Waals surface area contributed by atoms with E-state index in [0.29, 0.717) is 135 Å². The molecule has 7 N–H and O–H groups in total. The lowest BCUT2D eigenvalue weighted by molar-refractivity contribution is -0.140. The number of nitrogens with one attached hydrogen (secondary N) is 3. The number of nitrogens with zero attached hydrogens (tertiary/aromatic N) is 12. The summed E-state index contributed by atoms with van der Waals surface area (Å²) < 4.78 is 47.0. The van der Waals surface area contributed by atoms with Crippen molar-refractivity contribution in [2.75, 3.05) is 45.8 Å². The van der Waals surface area contributed by atoms with E-state index in [4.69, 9.17) is 38.8 Å². The van der Waals surface area contributed by atoms with Crippen molar-refractivity contribution in [2.45, 2.75) is 189 Å². The van der Waals surface area contributed by atoms with E-state index in [-0.39, 0.29) is 84.8 Å². The van der Waals surface area contributed by atoms with Crippen LogP contribution in [0.1, 0.15) is 173 Å². The van der Waals surface area contributed by atoms with Gasteiger partial charge in [-0.15, -0.1) is 24.7 Å². The number of rotatable bonds is 21. The van der Waals surface area contributed by atoms with Gasteiger partial charge < -0.3 is 44.2 Å². The van der Waals surface area contributed by atoms with Gasteiger partial charge in [0.15, 0.2) is 5.78 Å². The largest absolute Gasteiger partial charge is 0.481 e. The fraction of sp³-hybridized carbons (Fsp3) is 0.610. The molecule has 10 amide bonds. The average Bonchev–Trinajstić information content (AvgIpc) is 1.57. The number of hydrazine groups is 1. The Morgan fingerprint density at radius 1 is 0.464 bits per heavy atom. The number of carbonyl (C=O) groups is 8. The number of piperidine rings is 5. The average molecular weight is 1570 g/mol. The Hall–Kier alpha value is -9.23. The summed E-state index contributed by atoms with van der Waals surface area (Å²) in [6.45, 7) is 5.02. The molecule has 7 aliphatic carbocycles. The SMILES string of the molecule is NNC(=O)[C@@H]1CC[C@@H]2CN1C(=O)N2OCc1ccccc1.O=C(CNC(=O)[C@@H]1CC[C@@H]2CN1C(=O)N2OCc1ccccc1)C1[C@H]2CCC[C@@H]12.O=C(O)C1[C@H]2CCC[C@@H]12.O=C1N2C[C@@H](CC[C@H]2c2nnc(C3[C@H]4CCC[C@@H]34)o2)N1OCc1ccccc1.O=C1N2C[C@@H](CC[C@H]2c2nnc(C3[C@H]4CNC[C@@H]34)o2)N1OS(=O)(=O)O. The van der Waals surface area contributed by atoms with Crippen LogP contribution in [0.25, 0.3) is 0 Å². The number of carboxylic acids is 1. The van der Waals surface area contributed by atoms with Crippen LogP contribution in [-0.4, -0.2) is 208 Å². The highest BCUT2D eigenvalue weighted by molar-refractivity contribution is 7.80. The summed E-state index contributed by atoms with van der Waals surface area (Å²) in [6.07, 6.45) is 16.5. The number of carboxylic acid groups (broad SMARTS) is 1. The lowest BCUT2D eigenvalue weighted by atomic mass is 10.00. The van der Waals surface area contributed by atoms with E-state index in [1.54, 1.807) is 9.96 Å². The second kappa shape index (κ2) is 31.6. The summed E-state index contributed by atoms with van der Waals surface area (Å²) in [7, 11) is -4.75. The van der Waals surface area contributed by atoms with Crippen LogP contribution in [0, 0.1) is 59.2 Å². The molecule has 2 aromatic heterocycles. The number of fused-ring (bicyclic) bond motifs is 12. The van der Waals surface area contributed by atoms with Crippen molar-refractivity contribution in [3.63, 3.8) is 0 Å². The number of carbonyl (C=O) groups excluding carboxylic acids is 7. The van der Waals surface area contributed by atoms with E-state index in [2.05, 4.69) is 40.7 Å². The summed E-state index contributed by atoms with van der Waals surface area (Å²) in [5, 5.41) is 36.7. The number of ketones is 1. The minimum absolute atomic E-state index is 0.00281. The first-order valence-corrected chi connectivity index (χ1v) is 41.2. The van der Waals surface area contributed by atoms with Gasteiger partial charge in [0.1, 0.15) is 44.0 Å². The molecule has 16 aliphatic rings. The Morgan fingerprint density at radius 2 is 0.830 bits per heavy atom. The number of hydroxylamine groups is 8. The molecule has 4 unspecified atom stereocenters. The second-order valence-electron chi connectivity index (χ2n) is 32.7. The van der Waals surface area contributed by atoms with Gasteiger partial charge in [-0.25, -0.2) is 25.0 Å². The molecule has 3 aromatic carbocycles. The highest BCUT2D eigenvalue weighted by atomic mass is 32.3. The number of Topliss-reactive ketones (excluding diaryl/α,β-unsaturated/α-hetero) is 1. The number of aromatic nitrogens is 4. The molecule has 7 saturated carbocycles.